The number of alkyl halides is 3. The Morgan fingerprint density at radius 2 is 1.93 bits per heavy atom. The highest BCUT2D eigenvalue weighted by Crippen LogP contribution is 2.28. The molecule has 0 unspecified atom stereocenters. The fraction of sp³-hybridized carbons (Fsp3) is 0.550. The van der Waals surface area contributed by atoms with Gasteiger partial charge in [0.2, 0.25) is 5.91 Å². The van der Waals surface area contributed by atoms with E-state index in [1.165, 1.54) is 17.0 Å². The van der Waals surface area contributed by atoms with Crippen LogP contribution in [-0.4, -0.2) is 60.2 Å². The number of carbonyl (C=O) groups excluding carboxylic acids is 3. The first-order valence-electron chi connectivity index (χ1n) is 9.66. The first-order chi connectivity index (χ1) is 14.0. The third-order valence-electron chi connectivity index (χ3n) is 5.06. The molecule has 3 rings (SSSR count). The van der Waals surface area contributed by atoms with Gasteiger partial charge in [0.25, 0.3) is 5.91 Å². The minimum atomic E-state index is -4.83. The molecule has 30 heavy (non-hydrogen) atoms. The van der Waals surface area contributed by atoms with Crippen LogP contribution in [-0.2, 0) is 14.3 Å². The second-order valence-electron chi connectivity index (χ2n) is 7.81. The molecule has 1 N–H and O–H groups in total. The van der Waals surface area contributed by atoms with Crippen molar-refractivity contribution < 1.29 is 37.0 Å². The van der Waals surface area contributed by atoms with E-state index < -0.39 is 30.1 Å². The molecule has 1 aromatic carbocycles. The van der Waals surface area contributed by atoms with E-state index in [4.69, 9.17) is 4.74 Å². The number of ketones is 1. The number of benzene rings is 1. The fourth-order valence-electron chi connectivity index (χ4n) is 3.78. The largest absolute Gasteiger partial charge is 0.573 e. The molecule has 3 atom stereocenters. The predicted octanol–water partition coefficient (Wildman–Crippen LogP) is 2.30. The predicted molar refractivity (Wildman–Crippen MR) is 98.7 cm³/mol. The quantitative estimate of drug-likeness (QED) is 0.752. The number of fused-ring (bicyclic) bond motifs is 1. The van der Waals surface area contributed by atoms with Crippen LogP contribution in [0, 0.1) is 5.92 Å². The van der Waals surface area contributed by atoms with Gasteiger partial charge < -0.3 is 19.7 Å². The first kappa shape index (κ1) is 22.1. The molecular weight excluding hydrogens is 405 g/mol. The lowest BCUT2D eigenvalue weighted by Gasteiger charge is -2.28. The Hall–Kier alpha value is -2.62. The SMILES string of the molecule is CC(C)C[C@H](NC(=O)c1ccc(OC(F)(F)F)cc1)C(=O)N1CC[C@H]2OCC(=O)[C@H]21. The van der Waals surface area contributed by atoms with Crippen molar-refractivity contribution in [2.24, 2.45) is 5.92 Å². The summed E-state index contributed by atoms with van der Waals surface area (Å²) in [7, 11) is 0. The van der Waals surface area contributed by atoms with Crippen molar-refractivity contribution in [2.75, 3.05) is 13.2 Å². The van der Waals surface area contributed by atoms with Crippen LogP contribution in [0.25, 0.3) is 0 Å². The normalized spacial score (nSPS) is 22.2. The molecule has 7 nitrogen and oxygen atoms in total. The highest BCUT2D eigenvalue weighted by atomic mass is 19.4. The van der Waals surface area contributed by atoms with Gasteiger partial charge in [0.1, 0.15) is 24.4 Å². The van der Waals surface area contributed by atoms with Gasteiger partial charge >= 0.3 is 6.36 Å². The average Bonchev–Trinajstić information content (AvgIpc) is 3.22. The first-order valence-corrected chi connectivity index (χ1v) is 9.66. The number of hydrogen-bond acceptors (Lipinski definition) is 5. The van der Waals surface area contributed by atoms with Gasteiger partial charge in [-0.2, -0.15) is 0 Å². The van der Waals surface area contributed by atoms with Crippen molar-refractivity contribution in [3.8, 4) is 5.75 Å². The number of amides is 2. The number of hydrogen-bond donors (Lipinski definition) is 1. The van der Waals surface area contributed by atoms with Gasteiger partial charge in [0.15, 0.2) is 5.78 Å². The molecule has 0 spiro atoms. The van der Waals surface area contributed by atoms with Crippen molar-refractivity contribution in [1.29, 1.82) is 0 Å². The number of nitrogens with one attached hydrogen (secondary N) is 1. The number of carbonyl (C=O) groups is 3. The summed E-state index contributed by atoms with van der Waals surface area (Å²) in [5.41, 5.74) is 0.0886. The summed E-state index contributed by atoms with van der Waals surface area (Å²) >= 11 is 0. The summed E-state index contributed by atoms with van der Waals surface area (Å²) in [6, 6.07) is 2.95. The molecule has 0 aliphatic carbocycles. The highest BCUT2D eigenvalue weighted by molar-refractivity contribution is 5.99. The Bertz CT molecular complexity index is 810. The number of ether oxygens (including phenoxy) is 2. The summed E-state index contributed by atoms with van der Waals surface area (Å²) in [5.74, 6) is -1.48. The van der Waals surface area contributed by atoms with Gasteiger partial charge in [-0.15, -0.1) is 13.2 Å². The Morgan fingerprint density at radius 3 is 2.53 bits per heavy atom. The van der Waals surface area contributed by atoms with E-state index in [1.54, 1.807) is 0 Å². The molecule has 2 aliphatic rings. The van der Waals surface area contributed by atoms with Crippen molar-refractivity contribution in [2.45, 2.75) is 51.2 Å². The van der Waals surface area contributed by atoms with Gasteiger partial charge in [0, 0.05) is 12.1 Å². The molecule has 10 heteroatoms. The third-order valence-corrected chi connectivity index (χ3v) is 5.06. The molecule has 164 valence electrons. The molecule has 2 heterocycles. The zero-order chi connectivity index (χ0) is 22.1. The number of Topliss-reactive ketones (excluding diaryl/α,β-unsaturated/α-hetero) is 1. The number of likely N-dealkylation sites (tertiary alicyclic amines) is 1. The van der Waals surface area contributed by atoms with Crippen LogP contribution in [0.4, 0.5) is 13.2 Å². The summed E-state index contributed by atoms with van der Waals surface area (Å²) < 4.78 is 46.0. The second-order valence-corrected chi connectivity index (χ2v) is 7.81. The second kappa shape index (κ2) is 8.63. The molecule has 0 radical (unpaired) electrons. The van der Waals surface area contributed by atoms with Gasteiger partial charge in [-0.1, -0.05) is 13.8 Å². The Labute approximate surface area is 171 Å². The molecule has 2 saturated heterocycles. The van der Waals surface area contributed by atoms with Crippen LogP contribution in [0.15, 0.2) is 24.3 Å². The standard InChI is InChI=1S/C20H23F3N2O5/c1-11(2)9-14(19(28)25-8-7-16-17(25)15(26)10-29-16)24-18(27)12-3-5-13(6-4-12)30-20(21,22)23/h3-6,11,14,16-17H,7-10H2,1-2H3,(H,24,27)/t14-,16+,17+/m0/s1. The van der Waals surface area contributed by atoms with E-state index in [1.807, 2.05) is 13.8 Å². The lowest BCUT2D eigenvalue weighted by molar-refractivity contribution is -0.274. The van der Waals surface area contributed by atoms with E-state index >= 15 is 0 Å². The summed E-state index contributed by atoms with van der Waals surface area (Å²) in [6.45, 7) is 4.14. The molecule has 0 bridgehead atoms. The van der Waals surface area contributed by atoms with Gasteiger partial charge in [-0.05, 0) is 43.0 Å². The van der Waals surface area contributed by atoms with E-state index in [0.29, 0.717) is 19.4 Å². The molecule has 0 saturated carbocycles. The molecule has 0 aromatic heterocycles. The van der Waals surface area contributed by atoms with E-state index in [9.17, 15) is 27.6 Å². The molecule has 2 aliphatic heterocycles. The van der Waals surface area contributed by atoms with Crippen molar-refractivity contribution in [1.82, 2.24) is 10.2 Å². The number of nitrogens with zero attached hydrogens (tertiary/aromatic N) is 1. The summed E-state index contributed by atoms with van der Waals surface area (Å²) in [4.78, 5) is 39.3. The maximum absolute atomic E-state index is 13.1. The molecule has 2 fully saturated rings. The Kier molecular flexibility index (Phi) is 6.35. The Balaban J connectivity index is 1.70. The highest BCUT2D eigenvalue weighted by Gasteiger charge is 2.48. The summed E-state index contributed by atoms with van der Waals surface area (Å²) in [6.07, 6.45) is -4.22. The van der Waals surface area contributed by atoms with Crippen LogP contribution in [0.1, 0.15) is 37.0 Å². The maximum Gasteiger partial charge on any atom is 0.573 e. The third kappa shape index (κ3) is 5.10. The van der Waals surface area contributed by atoms with Crippen LogP contribution in [0.5, 0.6) is 5.75 Å². The van der Waals surface area contributed by atoms with Crippen molar-refractivity contribution >= 4 is 17.6 Å². The maximum atomic E-state index is 13.1. The van der Waals surface area contributed by atoms with E-state index in [2.05, 4.69) is 10.1 Å². The monoisotopic (exact) mass is 428 g/mol. The minimum absolute atomic E-state index is 0.0212. The zero-order valence-electron chi connectivity index (χ0n) is 16.6. The zero-order valence-corrected chi connectivity index (χ0v) is 16.6. The minimum Gasteiger partial charge on any atom is -0.406 e. The molecular formula is C20H23F3N2O5. The fourth-order valence-corrected chi connectivity index (χ4v) is 3.78. The van der Waals surface area contributed by atoms with Crippen LogP contribution in [0.2, 0.25) is 0 Å². The van der Waals surface area contributed by atoms with Gasteiger partial charge in [-0.25, -0.2) is 0 Å². The molecule has 1 aromatic rings. The number of halogens is 3. The van der Waals surface area contributed by atoms with E-state index in [0.717, 1.165) is 12.1 Å². The molecule has 2 amide bonds. The summed E-state index contributed by atoms with van der Waals surface area (Å²) in [5, 5.41) is 2.66. The van der Waals surface area contributed by atoms with Crippen LogP contribution in [0.3, 0.4) is 0 Å². The van der Waals surface area contributed by atoms with E-state index in [-0.39, 0.29) is 35.9 Å². The lowest BCUT2D eigenvalue weighted by Crippen LogP contribution is -2.52. The topological polar surface area (TPSA) is 84.9 Å². The van der Waals surface area contributed by atoms with Crippen molar-refractivity contribution in [3.63, 3.8) is 0 Å². The van der Waals surface area contributed by atoms with Crippen LogP contribution < -0.4 is 10.1 Å². The smallest absolute Gasteiger partial charge is 0.406 e. The van der Waals surface area contributed by atoms with Gasteiger partial charge in [-0.3, -0.25) is 14.4 Å². The Morgan fingerprint density at radius 1 is 1.27 bits per heavy atom. The lowest BCUT2D eigenvalue weighted by atomic mass is 10.0. The average molecular weight is 428 g/mol. The van der Waals surface area contributed by atoms with Crippen LogP contribution >= 0.6 is 0 Å². The number of rotatable bonds is 6. The van der Waals surface area contributed by atoms with Crippen molar-refractivity contribution in [3.05, 3.63) is 29.8 Å². The van der Waals surface area contributed by atoms with Gasteiger partial charge in [0.05, 0.1) is 6.10 Å².